The van der Waals surface area contributed by atoms with Gasteiger partial charge in [-0.3, -0.25) is 0 Å². The summed E-state index contributed by atoms with van der Waals surface area (Å²) in [6.07, 6.45) is 7.45. The van der Waals surface area contributed by atoms with E-state index in [4.69, 9.17) is 11.5 Å². The zero-order valence-electron chi connectivity index (χ0n) is 14.5. The van der Waals surface area contributed by atoms with Crippen molar-refractivity contribution in [3.05, 3.63) is 42.4 Å². The molecule has 7 nitrogen and oxygen atoms in total. The number of halogens is 1. The smallest absolute Gasteiger partial charge is 0.219 e. The molecule has 0 spiro atoms. The van der Waals surface area contributed by atoms with Crippen LogP contribution in [0.1, 0.15) is 18.4 Å². The number of nitrogens with two attached hydrogens (primary N) is 2. The Balaban J connectivity index is 0.000000168. The monoisotopic (exact) mass is 491 g/mol. The number of benzene rings is 1. The van der Waals surface area contributed by atoms with Gasteiger partial charge in [-0.25, -0.2) is 9.97 Å². The second kappa shape index (κ2) is 9.57. The first-order chi connectivity index (χ1) is 13.2. The molecule has 0 saturated carbocycles. The van der Waals surface area contributed by atoms with Gasteiger partial charge in [-0.1, -0.05) is 5.92 Å². The number of rotatable bonds is 1. The number of hydrogen-bond acceptors (Lipinski definition) is 8. The lowest BCUT2D eigenvalue weighted by Gasteiger charge is -2.17. The number of anilines is 3. The van der Waals surface area contributed by atoms with Gasteiger partial charge in [0.15, 0.2) is 5.82 Å². The maximum absolute atomic E-state index is 5.77. The molecule has 0 amide bonds. The Morgan fingerprint density at radius 2 is 1.81 bits per heavy atom. The first-order valence-corrected chi connectivity index (χ1v) is 11.7. The van der Waals surface area contributed by atoms with Crippen LogP contribution < -0.4 is 16.4 Å². The molecule has 1 fully saturated rings. The molecule has 3 aromatic rings. The molecule has 0 aliphatic carbocycles. The topological polar surface area (TPSA) is 107 Å². The molecule has 1 aliphatic rings. The van der Waals surface area contributed by atoms with Crippen LogP contribution in [0.15, 0.2) is 36.8 Å². The molecule has 1 saturated heterocycles. The summed E-state index contributed by atoms with van der Waals surface area (Å²) in [5, 5.41) is 13.3. The van der Waals surface area contributed by atoms with Gasteiger partial charge in [0.25, 0.3) is 0 Å². The third kappa shape index (κ3) is 5.33. The highest BCUT2D eigenvalue weighted by molar-refractivity contribution is 14.2. The number of nitrogens with zero attached hydrogens (tertiary/aromatic N) is 5. The van der Waals surface area contributed by atoms with Crippen LogP contribution >= 0.6 is 30.1 Å². The Kier molecular flexibility index (Phi) is 6.89. The van der Waals surface area contributed by atoms with Crippen LogP contribution in [0, 0.1) is 11.2 Å². The van der Waals surface area contributed by atoms with Gasteiger partial charge in [0.1, 0.15) is 0 Å². The van der Waals surface area contributed by atoms with Gasteiger partial charge >= 0.3 is 0 Å². The molecule has 4 rings (SSSR count). The summed E-state index contributed by atoms with van der Waals surface area (Å²) in [7, 11) is 1.42. The average Bonchev–Trinajstić information content (AvgIpc) is 3.22. The van der Waals surface area contributed by atoms with Gasteiger partial charge < -0.3 is 16.4 Å². The Hall–Kier alpha value is -2.32. The van der Waals surface area contributed by atoms with Crippen LogP contribution in [-0.4, -0.2) is 33.3 Å². The molecule has 0 atom stereocenters. The zero-order valence-corrected chi connectivity index (χ0v) is 17.4. The summed E-state index contributed by atoms with van der Waals surface area (Å²) in [5.41, 5.74) is 12.6. The van der Waals surface area contributed by atoms with Gasteiger partial charge in [-0.2, -0.15) is 5.10 Å². The predicted octanol–water partition coefficient (Wildman–Crippen LogP) is 3.26. The van der Waals surface area contributed by atoms with Crippen LogP contribution in [0.25, 0.3) is 10.8 Å². The normalized spacial score (nSPS) is 12.9. The average molecular weight is 491 g/mol. The second-order valence-electron chi connectivity index (χ2n) is 5.84. The lowest BCUT2D eigenvalue weighted by atomic mass is 10.1. The van der Waals surface area contributed by atoms with Crippen LogP contribution in [-0.2, 0) is 0 Å². The quantitative estimate of drug-likeness (QED) is 0.304. The first kappa shape index (κ1) is 19.4. The van der Waals surface area contributed by atoms with Crippen molar-refractivity contribution in [2.24, 2.45) is 0 Å². The maximum atomic E-state index is 5.77. The fraction of sp³-hybridized carbons (Fsp3) is 0.222. The molecule has 0 unspecified atom stereocenters. The van der Waals surface area contributed by atoms with Crippen LogP contribution in [0.5, 0.6) is 0 Å². The van der Waals surface area contributed by atoms with Crippen LogP contribution in [0.4, 0.5) is 17.5 Å². The minimum atomic E-state index is 0.276. The van der Waals surface area contributed by atoms with E-state index >= 15 is 0 Å². The number of aromatic nitrogens is 4. The molecule has 4 N–H and O–H groups in total. The molecule has 9 heteroatoms. The molecule has 1 aromatic carbocycles. The Morgan fingerprint density at radius 1 is 1.07 bits per heavy atom. The van der Waals surface area contributed by atoms with E-state index < -0.39 is 0 Å². The van der Waals surface area contributed by atoms with Gasteiger partial charge in [-0.05, 0) is 45.2 Å². The molecular formula is C18H18IN7S. The summed E-state index contributed by atoms with van der Waals surface area (Å²) < 4.78 is 0. The van der Waals surface area contributed by atoms with Crippen molar-refractivity contribution in [2.45, 2.75) is 12.8 Å². The number of fused-ring (bicyclic) bond motifs is 1. The highest BCUT2D eigenvalue weighted by atomic mass is 127. The summed E-state index contributed by atoms with van der Waals surface area (Å²) in [6, 6.07) is 5.90. The van der Waals surface area contributed by atoms with Crippen LogP contribution in [0.3, 0.4) is 0 Å². The molecule has 1 aliphatic heterocycles. The lowest BCUT2D eigenvalue weighted by Crippen LogP contribution is -2.19. The summed E-state index contributed by atoms with van der Waals surface area (Å²) in [4.78, 5) is 9.87. The van der Waals surface area contributed by atoms with E-state index in [9.17, 15) is 0 Å². The molecule has 27 heavy (non-hydrogen) atoms. The summed E-state index contributed by atoms with van der Waals surface area (Å²) in [5.74, 6) is 4.12. The maximum Gasteiger partial charge on any atom is 0.219 e. The molecule has 0 bridgehead atoms. The van der Waals surface area contributed by atoms with E-state index in [1.54, 1.807) is 18.6 Å². The Morgan fingerprint density at radius 3 is 2.52 bits per heavy atom. The van der Waals surface area contributed by atoms with Crippen molar-refractivity contribution in [1.29, 1.82) is 0 Å². The van der Waals surface area contributed by atoms with E-state index in [0.29, 0.717) is 0 Å². The Bertz CT molecular complexity index is 963. The van der Waals surface area contributed by atoms with E-state index in [0.717, 1.165) is 40.9 Å². The molecule has 138 valence electrons. The predicted molar refractivity (Wildman–Crippen MR) is 120 cm³/mol. The molecule has 3 heterocycles. The van der Waals surface area contributed by atoms with Crippen LogP contribution in [0.2, 0.25) is 0 Å². The second-order valence-corrected chi connectivity index (χ2v) is 7.52. The van der Waals surface area contributed by atoms with E-state index in [2.05, 4.69) is 57.4 Å². The van der Waals surface area contributed by atoms with E-state index in [1.807, 2.05) is 18.2 Å². The largest absolute Gasteiger partial charge is 0.399 e. The van der Waals surface area contributed by atoms with Gasteiger partial charge in [-0.15, -0.1) is 5.10 Å². The highest BCUT2D eigenvalue weighted by Crippen LogP contribution is 2.27. The van der Waals surface area contributed by atoms with Gasteiger partial charge in [0, 0.05) is 63.1 Å². The zero-order chi connectivity index (χ0) is 19.1. The van der Waals surface area contributed by atoms with Crippen molar-refractivity contribution in [2.75, 3.05) is 29.5 Å². The standard InChI is InChI=1S/C12H14N4.C6H4IN3S/c13-10-3-4-11-9(7-10)8-14-15-12(11)16-5-1-2-6-16;7-11-2-1-5-3-9-6(8)10-4-5/h3-4,7-8H,1-2,5-6,13H2;3-4H,(H2,8,9,10). The van der Waals surface area contributed by atoms with E-state index in [-0.39, 0.29) is 5.95 Å². The minimum Gasteiger partial charge on any atom is -0.399 e. The van der Waals surface area contributed by atoms with Gasteiger partial charge in [0.2, 0.25) is 5.95 Å². The molecule has 2 aromatic heterocycles. The summed E-state index contributed by atoms with van der Waals surface area (Å²) in [6.45, 7) is 2.16. The fourth-order valence-electron chi connectivity index (χ4n) is 2.73. The fourth-order valence-corrected chi connectivity index (χ4v) is 3.22. The first-order valence-electron chi connectivity index (χ1n) is 8.29. The van der Waals surface area contributed by atoms with Crippen molar-refractivity contribution < 1.29 is 0 Å². The highest BCUT2D eigenvalue weighted by Gasteiger charge is 2.16. The SMILES string of the molecule is Nc1ccc2c(N3CCCC3)nncc2c1.Nc1ncc(C#CSI)cn1. The third-order valence-electron chi connectivity index (χ3n) is 3.98. The summed E-state index contributed by atoms with van der Waals surface area (Å²) >= 11 is 2.10. The van der Waals surface area contributed by atoms with Crippen molar-refractivity contribution in [1.82, 2.24) is 20.2 Å². The lowest BCUT2D eigenvalue weighted by molar-refractivity contribution is 0.905. The van der Waals surface area contributed by atoms with Crippen molar-refractivity contribution in [3.63, 3.8) is 0 Å². The third-order valence-corrected chi connectivity index (χ3v) is 4.82. The Labute approximate surface area is 173 Å². The van der Waals surface area contributed by atoms with Gasteiger partial charge in [0.05, 0.1) is 11.8 Å². The van der Waals surface area contributed by atoms with E-state index in [1.165, 1.54) is 21.8 Å². The van der Waals surface area contributed by atoms with Crippen molar-refractivity contribution in [3.8, 4) is 11.2 Å². The minimum absolute atomic E-state index is 0.276. The van der Waals surface area contributed by atoms with Crippen molar-refractivity contribution >= 4 is 58.4 Å². The number of nitrogen functional groups attached to an aromatic ring is 2. The number of hydrogen-bond donors (Lipinski definition) is 2. The molecular weight excluding hydrogens is 473 g/mol. The molecule has 0 radical (unpaired) electrons.